The van der Waals surface area contributed by atoms with Crippen molar-refractivity contribution in [2.45, 2.75) is 58.1 Å². The number of benzene rings is 1. The molecule has 0 radical (unpaired) electrons. The number of nitrogens with zero attached hydrogens (tertiary/aromatic N) is 2. The standard InChI is InChI=1S/C22H28BrN3O4/c1-6-7-8-22(21(27)25-13(2)3)11-17(26-30-22)16-10-14-9-15(23)12-24-18(14)20(29-5)19(16)28-4/h9-10,12-13H,6-8,11H2,1-5H3,(H,25,27). The second-order valence-corrected chi connectivity index (χ2v) is 8.66. The van der Waals surface area contributed by atoms with Crippen molar-refractivity contribution in [3.05, 3.63) is 28.4 Å². The van der Waals surface area contributed by atoms with E-state index in [0.717, 1.165) is 28.3 Å². The maximum absolute atomic E-state index is 13.0. The van der Waals surface area contributed by atoms with Gasteiger partial charge >= 0.3 is 0 Å². The number of carbonyl (C=O) groups is 1. The molecule has 1 atom stereocenters. The Labute approximate surface area is 185 Å². The van der Waals surface area contributed by atoms with E-state index in [1.807, 2.05) is 26.0 Å². The van der Waals surface area contributed by atoms with Crippen molar-refractivity contribution in [1.82, 2.24) is 10.3 Å². The third kappa shape index (κ3) is 4.24. The van der Waals surface area contributed by atoms with Crippen LogP contribution in [0.5, 0.6) is 11.5 Å². The zero-order chi connectivity index (χ0) is 21.9. The molecule has 162 valence electrons. The number of amides is 1. The summed E-state index contributed by atoms with van der Waals surface area (Å²) in [4.78, 5) is 23.3. The number of hydrogen-bond donors (Lipinski definition) is 1. The molecular weight excluding hydrogens is 450 g/mol. The fourth-order valence-electron chi connectivity index (χ4n) is 3.66. The van der Waals surface area contributed by atoms with E-state index < -0.39 is 5.60 Å². The number of halogens is 1. The number of carbonyl (C=O) groups excluding carboxylic acids is 1. The lowest BCUT2D eigenvalue weighted by atomic mass is 9.87. The van der Waals surface area contributed by atoms with Crippen LogP contribution >= 0.6 is 15.9 Å². The van der Waals surface area contributed by atoms with Crippen LogP contribution in [0.15, 0.2) is 28.0 Å². The van der Waals surface area contributed by atoms with E-state index in [-0.39, 0.29) is 11.9 Å². The number of unbranched alkanes of at least 4 members (excludes halogenated alkanes) is 1. The summed E-state index contributed by atoms with van der Waals surface area (Å²) in [5.41, 5.74) is 1.06. The summed E-state index contributed by atoms with van der Waals surface area (Å²) < 4.78 is 12.2. The Morgan fingerprint density at radius 3 is 2.67 bits per heavy atom. The minimum Gasteiger partial charge on any atom is -0.492 e. The van der Waals surface area contributed by atoms with Gasteiger partial charge in [0, 0.05) is 34.1 Å². The second kappa shape index (κ2) is 9.20. The third-order valence-corrected chi connectivity index (χ3v) is 5.55. The average Bonchev–Trinajstić information content (AvgIpc) is 3.15. The van der Waals surface area contributed by atoms with Crippen LogP contribution in [-0.2, 0) is 9.63 Å². The van der Waals surface area contributed by atoms with Gasteiger partial charge in [-0.15, -0.1) is 0 Å². The molecule has 0 spiro atoms. The lowest BCUT2D eigenvalue weighted by molar-refractivity contribution is -0.145. The molecule has 1 aliphatic heterocycles. The number of rotatable bonds is 8. The molecule has 8 heteroatoms. The van der Waals surface area contributed by atoms with Crippen molar-refractivity contribution in [1.29, 1.82) is 0 Å². The fourth-order valence-corrected chi connectivity index (χ4v) is 4.01. The van der Waals surface area contributed by atoms with Gasteiger partial charge in [0.15, 0.2) is 11.5 Å². The van der Waals surface area contributed by atoms with Gasteiger partial charge in [-0.2, -0.15) is 0 Å². The van der Waals surface area contributed by atoms with Crippen LogP contribution in [0.25, 0.3) is 10.9 Å². The first kappa shape index (κ1) is 22.3. The highest BCUT2D eigenvalue weighted by Crippen LogP contribution is 2.42. The number of ether oxygens (including phenoxy) is 2. The number of hydrogen-bond acceptors (Lipinski definition) is 6. The molecule has 2 aromatic rings. The molecule has 7 nitrogen and oxygen atoms in total. The Morgan fingerprint density at radius 2 is 2.03 bits per heavy atom. The van der Waals surface area contributed by atoms with E-state index in [1.54, 1.807) is 20.4 Å². The van der Waals surface area contributed by atoms with E-state index in [1.165, 1.54) is 0 Å². The molecule has 1 amide bonds. The van der Waals surface area contributed by atoms with Crippen molar-refractivity contribution in [3.8, 4) is 11.5 Å². The zero-order valence-electron chi connectivity index (χ0n) is 18.0. The molecule has 2 heterocycles. The number of methoxy groups -OCH3 is 2. The van der Waals surface area contributed by atoms with Gasteiger partial charge in [-0.3, -0.25) is 9.78 Å². The highest BCUT2D eigenvalue weighted by atomic mass is 79.9. The van der Waals surface area contributed by atoms with Crippen LogP contribution in [-0.4, -0.2) is 42.5 Å². The summed E-state index contributed by atoms with van der Waals surface area (Å²) in [5.74, 6) is 0.913. The van der Waals surface area contributed by atoms with Crippen molar-refractivity contribution in [2.24, 2.45) is 5.16 Å². The summed E-state index contributed by atoms with van der Waals surface area (Å²) >= 11 is 3.47. The third-order valence-electron chi connectivity index (χ3n) is 5.12. The summed E-state index contributed by atoms with van der Waals surface area (Å²) in [6, 6.07) is 3.93. The molecule has 1 aliphatic rings. The van der Waals surface area contributed by atoms with Gasteiger partial charge < -0.3 is 19.6 Å². The van der Waals surface area contributed by atoms with Gasteiger partial charge in [0.1, 0.15) is 5.52 Å². The lowest BCUT2D eigenvalue weighted by Crippen LogP contribution is -2.49. The predicted octanol–water partition coefficient (Wildman–Crippen LogP) is 4.59. The molecule has 0 fully saturated rings. The number of nitrogens with one attached hydrogen (secondary N) is 1. The SMILES string of the molecule is CCCCC1(C(=O)NC(C)C)CC(c2cc3cc(Br)cnc3c(OC)c2OC)=NO1. The molecule has 3 rings (SSSR count). The van der Waals surface area contributed by atoms with E-state index in [2.05, 4.69) is 38.3 Å². The van der Waals surface area contributed by atoms with Crippen molar-refractivity contribution in [3.63, 3.8) is 0 Å². The maximum Gasteiger partial charge on any atom is 0.267 e. The van der Waals surface area contributed by atoms with Crippen LogP contribution in [0.2, 0.25) is 0 Å². The number of aromatic nitrogens is 1. The van der Waals surface area contributed by atoms with Crippen LogP contribution in [0.1, 0.15) is 52.0 Å². The van der Waals surface area contributed by atoms with Gasteiger partial charge in [-0.25, -0.2) is 0 Å². The van der Waals surface area contributed by atoms with Crippen molar-refractivity contribution >= 4 is 38.5 Å². The first-order valence-corrected chi connectivity index (χ1v) is 10.9. The van der Waals surface area contributed by atoms with Crippen LogP contribution < -0.4 is 14.8 Å². The summed E-state index contributed by atoms with van der Waals surface area (Å²) in [7, 11) is 3.16. The molecule has 1 aromatic carbocycles. The van der Waals surface area contributed by atoms with Gasteiger partial charge in [-0.1, -0.05) is 18.5 Å². The largest absolute Gasteiger partial charge is 0.492 e. The number of fused-ring (bicyclic) bond motifs is 1. The Morgan fingerprint density at radius 1 is 1.30 bits per heavy atom. The van der Waals surface area contributed by atoms with E-state index in [0.29, 0.717) is 35.6 Å². The Bertz CT molecular complexity index is 976. The number of oxime groups is 1. The van der Waals surface area contributed by atoms with E-state index >= 15 is 0 Å². The van der Waals surface area contributed by atoms with Crippen LogP contribution in [0.4, 0.5) is 0 Å². The van der Waals surface area contributed by atoms with Crippen molar-refractivity contribution in [2.75, 3.05) is 14.2 Å². The quantitative estimate of drug-likeness (QED) is 0.600. The fraction of sp³-hybridized carbons (Fsp3) is 0.500. The zero-order valence-corrected chi connectivity index (χ0v) is 19.6. The monoisotopic (exact) mass is 477 g/mol. The Hall–Kier alpha value is -2.35. The molecule has 1 aromatic heterocycles. The van der Waals surface area contributed by atoms with E-state index in [4.69, 9.17) is 14.3 Å². The minimum atomic E-state index is -1.02. The summed E-state index contributed by atoms with van der Waals surface area (Å²) in [5, 5.41) is 8.20. The number of pyridine rings is 1. The molecule has 1 unspecified atom stereocenters. The topological polar surface area (TPSA) is 82.0 Å². The molecule has 0 saturated carbocycles. The van der Waals surface area contributed by atoms with Crippen LogP contribution in [0, 0.1) is 0 Å². The normalized spacial score (nSPS) is 18.3. The highest BCUT2D eigenvalue weighted by Gasteiger charge is 2.47. The first-order valence-electron chi connectivity index (χ1n) is 10.1. The Balaban J connectivity index is 2.06. The minimum absolute atomic E-state index is 0.0161. The van der Waals surface area contributed by atoms with Gasteiger partial charge in [0.05, 0.1) is 19.9 Å². The summed E-state index contributed by atoms with van der Waals surface area (Å²) in [6.07, 6.45) is 4.49. The Kier molecular flexibility index (Phi) is 6.85. The second-order valence-electron chi connectivity index (χ2n) is 7.75. The summed E-state index contributed by atoms with van der Waals surface area (Å²) in [6.45, 7) is 5.96. The highest BCUT2D eigenvalue weighted by molar-refractivity contribution is 9.10. The van der Waals surface area contributed by atoms with E-state index in [9.17, 15) is 4.79 Å². The first-order chi connectivity index (χ1) is 14.3. The average molecular weight is 478 g/mol. The van der Waals surface area contributed by atoms with Gasteiger partial charge in [0.2, 0.25) is 5.60 Å². The predicted molar refractivity (Wildman–Crippen MR) is 120 cm³/mol. The molecule has 0 bridgehead atoms. The maximum atomic E-state index is 13.0. The molecule has 30 heavy (non-hydrogen) atoms. The van der Waals surface area contributed by atoms with Crippen molar-refractivity contribution < 1.29 is 19.1 Å². The molecule has 0 aliphatic carbocycles. The molecular formula is C22H28BrN3O4. The van der Waals surface area contributed by atoms with Gasteiger partial charge in [0.25, 0.3) is 5.91 Å². The molecule has 1 N–H and O–H groups in total. The van der Waals surface area contributed by atoms with Crippen LogP contribution in [0.3, 0.4) is 0 Å². The molecule has 0 saturated heterocycles. The smallest absolute Gasteiger partial charge is 0.267 e. The lowest BCUT2D eigenvalue weighted by Gasteiger charge is -2.26. The van der Waals surface area contributed by atoms with Gasteiger partial charge in [-0.05, 0) is 54.8 Å².